The van der Waals surface area contributed by atoms with Crippen LogP contribution in [0.15, 0.2) is 0 Å². The first kappa shape index (κ1) is 15.0. The minimum absolute atomic E-state index is 0.0397. The summed E-state index contributed by atoms with van der Waals surface area (Å²) in [4.78, 5) is 12.9. The zero-order valence-corrected chi connectivity index (χ0v) is 12.7. The van der Waals surface area contributed by atoms with Crippen molar-refractivity contribution in [1.82, 2.24) is 0 Å². The van der Waals surface area contributed by atoms with Crippen molar-refractivity contribution in [3.63, 3.8) is 0 Å². The lowest BCUT2D eigenvalue weighted by atomic mass is 9.69. The molecule has 0 bridgehead atoms. The maximum absolute atomic E-state index is 12.9. The van der Waals surface area contributed by atoms with Crippen LogP contribution < -0.4 is 0 Å². The topological polar surface area (TPSA) is 35.5 Å². The fourth-order valence-corrected chi connectivity index (χ4v) is 3.69. The number of ketones is 1. The van der Waals surface area contributed by atoms with Gasteiger partial charge < -0.3 is 9.47 Å². The first-order valence-electron chi connectivity index (χ1n) is 7.93. The second kappa shape index (κ2) is 5.92. The number of carbonyl (C=O) groups excluding carboxylic acids is 1. The molecule has 0 amide bonds. The number of rotatable bonds is 6. The molecule has 0 aromatic heterocycles. The van der Waals surface area contributed by atoms with Crippen molar-refractivity contribution in [3.05, 3.63) is 0 Å². The lowest BCUT2D eigenvalue weighted by molar-refractivity contribution is -0.171. The summed E-state index contributed by atoms with van der Waals surface area (Å²) >= 11 is 0. The van der Waals surface area contributed by atoms with Crippen molar-refractivity contribution in [3.8, 4) is 0 Å². The first-order chi connectivity index (χ1) is 9.11. The molecule has 1 saturated heterocycles. The molecule has 0 radical (unpaired) electrons. The molecule has 3 heteroatoms. The Morgan fingerprint density at radius 3 is 2.47 bits per heavy atom. The van der Waals surface area contributed by atoms with Crippen molar-refractivity contribution in [2.45, 2.75) is 76.9 Å². The number of hydrogen-bond donors (Lipinski definition) is 0. The Kier molecular flexibility index (Phi) is 4.67. The summed E-state index contributed by atoms with van der Waals surface area (Å²) < 4.78 is 11.8. The summed E-state index contributed by atoms with van der Waals surface area (Å²) in [5.74, 6) is 0.467. The van der Waals surface area contributed by atoms with Crippen molar-refractivity contribution in [2.24, 2.45) is 5.92 Å². The van der Waals surface area contributed by atoms with Gasteiger partial charge in [0.25, 0.3) is 0 Å². The van der Waals surface area contributed by atoms with Crippen molar-refractivity contribution >= 4 is 5.78 Å². The van der Waals surface area contributed by atoms with Gasteiger partial charge in [0.05, 0.1) is 5.60 Å². The lowest BCUT2D eigenvalue weighted by Gasteiger charge is -2.48. The van der Waals surface area contributed by atoms with Gasteiger partial charge in [0.15, 0.2) is 5.78 Å². The van der Waals surface area contributed by atoms with Crippen LogP contribution in [0.4, 0.5) is 0 Å². The Morgan fingerprint density at radius 2 is 2.00 bits per heavy atom. The van der Waals surface area contributed by atoms with E-state index in [2.05, 4.69) is 13.8 Å². The van der Waals surface area contributed by atoms with Crippen LogP contribution in [0.3, 0.4) is 0 Å². The monoisotopic (exact) mass is 268 g/mol. The van der Waals surface area contributed by atoms with E-state index in [1.165, 1.54) is 6.42 Å². The average Bonchev–Trinajstić information content (AvgIpc) is 2.42. The van der Waals surface area contributed by atoms with Gasteiger partial charge in [-0.1, -0.05) is 13.8 Å². The third-order valence-corrected chi connectivity index (χ3v) is 5.14. The maximum Gasteiger partial charge on any atom is 0.167 e. The van der Waals surface area contributed by atoms with Gasteiger partial charge in [-0.15, -0.1) is 0 Å². The van der Waals surface area contributed by atoms with E-state index in [-0.39, 0.29) is 11.5 Å². The minimum atomic E-state index is -0.554. The van der Waals surface area contributed by atoms with Gasteiger partial charge in [0.2, 0.25) is 0 Å². The molecule has 1 spiro atoms. The lowest BCUT2D eigenvalue weighted by Crippen LogP contribution is -2.52. The molecule has 2 rings (SSSR count). The van der Waals surface area contributed by atoms with Crippen LogP contribution in [0, 0.1) is 5.92 Å². The molecular weight excluding hydrogens is 240 g/mol. The summed E-state index contributed by atoms with van der Waals surface area (Å²) in [6.07, 6.45) is 6.86. The Labute approximate surface area is 117 Å². The van der Waals surface area contributed by atoms with Gasteiger partial charge in [0, 0.05) is 19.1 Å². The molecule has 0 aromatic rings. The average molecular weight is 268 g/mol. The minimum Gasteiger partial charge on any atom is -0.375 e. The van der Waals surface area contributed by atoms with E-state index < -0.39 is 5.60 Å². The van der Waals surface area contributed by atoms with Crippen LogP contribution in [-0.2, 0) is 14.3 Å². The third-order valence-electron chi connectivity index (χ3n) is 5.14. The fourth-order valence-electron chi connectivity index (χ4n) is 3.69. The van der Waals surface area contributed by atoms with Gasteiger partial charge in [-0.3, -0.25) is 4.79 Å². The van der Waals surface area contributed by atoms with Gasteiger partial charge >= 0.3 is 0 Å². The summed E-state index contributed by atoms with van der Waals surface area (Å²) in [5.41, 5.74) is -0.514. The normalized spacial score (nSPS) is 26.2. The van der Waals surface area contributed by atoms with Gasteiger partial charge in [-0.05, 0) is 51.9 Å². The first-order valence-corrected chi connectivity index (χ1v) is 7.93. The summed E-state index contributed by atoms with van der Waals surface area (Å²) in [5, 5.41) is 0. The molecule has 0 aromatic carbocycles. The van der Waals surface area contributed by atoms with Crippen LogP contribution in [0.25, 0.3) is 0 Å². The number of carbonyl (C=O) groups is 1. The molecule has 19 heavy (non-hydrogen) atoms. The van der Waals surface area contributed by atoms with Gasteiger partial charge in [-0.2, -0.15) is 0 Å². The number of Topliss-reactive ketones (excluding diaryl/α,β-unsaturated/α-hetero) is 1. The molecule has 2 fully saturated rings. The molecule has 1 unspecified atom stereocenters. The molecule has 3 nitrogen and oxygen atoms in total. The molecule has 2 aliphatic rings. The molecular formula is C16H28O3. The van der Waals surface area contributed by atoms with Crippen LogP contribution in [0.2, 0.25) is 0 Å². The Balaban J connectivity index is 2.08. The van der Waals surface area contributed by atoms with Gasteiger partial charge in [-0.25, -0.2) is 0 Å². The van der Waals surface area contributed by atoms with E-state index in [1.807, 2.05) is 6.92 Å². The zero-order valence-electron chi connectivity index (χ0n) is 12.7. The standard InChI is InChI=1S/C16H28O3/c1-4-16(5-2,18-6-3)14(17)13-8-11-19-15(12-13)9-7-10-15/h13H,4-12H2,1-3H3. The molecule has 1 heterocycles. The molecule has 110 valence electrons. The van der Waals surface area contributed by atoms with Crippen LogP contribution in [0.1, 0.15) is 65.7 Å². The van der Waals surface area contributed by atoms with E-state index in [9.17, 15) is 4.79 Å². The molecule has 1 aliphatic heterocycles. The van der Waals surface area contributed by atoms with E-state index >= 15 is 0 Å². The Hall–Kier alpha value is -0.410. The largest absolute Gasteiger partial charge is 0.375 e. The summed E-state index contributed by atoms with van der Waals surface area (Å²) in [7, 11) is 0. The summed E-state index contributed by atoms with van der Waals surface area (Å²) in [6.45, 7) is 7.46. The van der Waals surface area contributed by atoms with Crippen LogP contribution in [-0.4, -0.2) is 30.2 Å². The second-order valence-electron chi connectivity index (χ2n) is 6.07. The predicted octanol–water partition coefficient (Wildman–Crippen LogP) is 3.50. The van der Waals surface area contributed by atoms with Gasteiger partial charge in [0.1, 0.15) is 5.60 Å². The highest BCUT2D eigenvalue weighted by Gasteiger charge is 2.48. The molecule has 0 N–H and O–H groups in total. The quantitative estimate of drug-likeness (QED) is 0.739. The highest BCUT2D eigenvalue weighted by Crippen LogP contribution is 2.45. The second-order valence-corrected chi connectivity index (χ2v) is 6.07. The Morgan fingerprint density at radius 1 is 1.32 bits per heavy atom. The fraction of sp³-hybridized carbons (Fsp3) is 0.938. The van der Waals surface area contributed by atoms with Crippen LogP contribution in [0.5, 0.6) is 0 Å². The highest BCUT2D eigenvalue weighted by atomic mass is 16.5. The molecule has 1 saturated carbocycles. The molecule has 1 aliphatic carbocycles. The highest BCUT2D eigenvalue weighted by molar-refractivity contribution is 5.89. The van der Waals surface area contributed by atoms with Crippen LogP contribution >= 0.6 is 0 Å². The van der Waals surface area contributed by atoms with E-state index in [0.717, 1.165) is 45.1 Å². The Bertz CT molecular complexity index is 316. The zero-order chi connectivity index (χ0) is 13.9. The number of hydrogen-bond acceptors (Lipinski definition) is 3. The van der Waals surface area contributed by atoms with E-state index in [4.69, 9.17) is 9.47 Å². The van der Waals surface area contributed by atoms with Crippen molar-refractivity contribution in [2.75, 3.05) is 13.2 Å². The third kappa shape index (κ3) is 2.73. The van der Waals surface area contributed by atoms with E-state index in [0.29, 0.717) is 12.4 Å². The maximum atomic E-state index is 12.9. The van der Waals surface area contributed by atoms with Crippen molar-refractivity contribution in [1.29, 1.82) is 0 Å². The molecule has 1 atom stereocenters. The predicted molar refractivity (Wildman–Crippen MR) is 75.2 cm³/mol. The van der Waals surface area contributed by atoms with Crippen molar-refractivity contribution < 1.29 is 14.3 Å². The summed E-state index contributed by atoms with van der Waals surface area (Å²) in [6, 6.07) is 0. The number of ether oxygens (including phenoxy) is 2. The SMILES string of the molecule is CCOC(CC)(CC)C(=O)C1CCOC2(CCC2)C1. The van der Waals surface area contributed by atoms with E-state index in [1.54, 1.807) is 0 Å². The smallest absolute Gasteiger partial charge is 0.167 e.